The van der Waals surface area contributed by atoms with Gasteiger partial charge in [0.15, 0.2) is 0 Å². The van der Waals surface area contributed by atoms with Crippen LogP contribution in [0.2, 0.25) is 0 Å². The first-order chi connectivity index (χ1) is 9.61. The molecule has 1 aliphatic rings. The molecule has 0 aromatic heterocycles. The Kier molecular flexibility index (Phi) is 5.12. The highest BCUT2D eigenvalue weighted by molar-refractivity contribution is 5.95. The fourth-order valence-electron chi connectivity index (χ4n) is 2.88. The number of nitrogens with one attached hydrogen (secondary N) is 2. The van der Waals surface area contributed by atoms with Gasteiger partial charge in [0, 0.05) is 18.2 Å². The van der Waals surface area contributed by atoms with E-state index in [2.05, 4.69) is 17.6 Å². The molecule has 2 rings (SSSR count). The number of benzene rings is 1. The van der Waals surface area contributed by atoms with Crippen LogP contribution in [0.4, 0.5) is 4.39 Å². The number of aryl methyl sites for hydroxylation is 1. The van der Waals surface area contributed by atoms with Crippen molar-refractivity contribution in [2.75, 3.05) is 13.1 Å². The maximum absolute atomic E-state index is 13.2. The second-order valence-electron chi connectivity index (χ2n) is 5.54. The summed E-state index contributed by atoms with van der Waals surface area (Å²) >= 11 is 0. The molecule has 1 aromatic rings. The predicted octanol–water partition coefficient (Wildman–Crippen LogP) is 2.64. The van der Waals surface area contributed by atoms with Gasteiger partial charge in [0.25, 0.3) is 5.91 Å². The Morgan fingerprint density at radius 1 is 1.50 bits per heavy atom. The molecule has 0 saturated carbocycles. The molecule has 20 heavy (non-hydrogen) atoms. The Labute approximate surface area is 120 Å². The van der Waals surface area contributed by atoms with Gasteiger partial charge < -0.3 is 10.6 Å². The fourth-order valence-corrected chi connectivity index (χ4v) is 2.88. The minimum absolute atomic E-state index is 0.191. The number of carbonyl (C=O) groups excluding carboxylic acids is 1. The van der Waals surface area contributed by atoms with Gasteiger partial charge in [0.2, 0.25) is 0 Å². The summed E-state index contributed by atoms with van der Waals surface area (Å²) in [6.45, 7) is 5.62. The maximum Gasteiger partial charge on any atom is 0.251 e. The van der Waals surface area contributed by atoms with Crippen LogP contribution < -0.4 is 10.6 Å². The first-order valence-corrected chi connectivity index (χ1v) is 7.39. The molecule has 0 aliphatic carbocycles. The molecule has 3 nitrogen and oxygen atoms in total. The van der Waals surface area contributed by atoms with Crippen molar-refractivity contribution in [3.8, 4) is 0 Å². The van der Waals surface area contributed by atoms with Crippen molar-refractivity contribution in [3.05, 3.63) is 35.1 Å². The molecule has 1 fully saturated rings. The normalized spacial score (nSPS) is 22.6. The molecule has 1 heterocycles. The molecular formula is C16H23FN2O. The highest BCUT2D eigenvalue weighted by atomic mass is 19.1. The third kappa shape index (κ3) is 3.57. The molecule has 2 atom stereocenters. The minimum atomic E-state index is -0.372. The quantitative estimate of drug-likeness (QED) is 0.889. The van der Waals surface area contributed by atoms with Crippen LogP contribution in [-0.2, 0) is 0 Å². The summed E-state index contributed by atoms with van der Waals surface area (Å²) in [7, 11) is 0. The summed E-state index contributed by atoms with van der Waals surface area (Å²) in [5, 5.41) is 6.40. The Morgan fingerprint density at radius 2 is 2.30 bits per heavy atom. The van der Waals surface area contributed by atoms with Crippen LogP contribution in [0.15, 0.2) is 18.2 Å². The Morgan fingerprint density at radius 3 is 3.05 bits per heavy atom. The lowest BCUT2D eigenvalue weighted by Crippen LogP contribution is -2.48. The lowest BCUT2D eigenvalue weighted by atomic mass is 9.88. The van der Waals surface area contributed by atoms with Crippen LogP contribution in [0, 0.1) is 18.7 Å². The summed E-state index contributed by atoms with van der Waals surface area (Å²) in [6, 6.07) is 4.64. The summed E-state index contributed by atoms with van der Waals surface area (Å²) in [4.78, 5) is 12.1. The van der Waals surface area contributed by atoms with Crippen molar-refractivity contribution in [3.63, 3.8) is 0 Å². The molecule has 1 amide bonds. The zero-order valence-corrected chi connectivity index (χ0v) is 12.2. The molecule has 0 bridgehead atoms. The second-order valence-corrected chi connectivity index (χ2v) is 5.54. The molecule has 0 radical (unpaired) electrons. The van der Waals surface area contributed by atoms with E-state index in [1.165, 1.54) is 25.0 Å². The van der Waals surface area contributed by atoms with Crippen LogP contribution in [0.1, 0.15) is 42.1 Å². The molecule has 1 aliphatic heterocycles. The van der Waals surface area contributed by atoms with Gasteiger partial charge in [-0.1, -0.05) is 19.4 Å². The lowest BCUT2D eigenvalue weighted by Gasteiger charge is -2.32. The number of piperidine rings is 1. The van der Waals surface area contributed by atoms with E-state index in [0.717, 1.165) is 18.5 Å². The molecule has 2 unspecified atom stereocenters. The third-order valence-electron chi connectivity index (χ3n) is 4.18. The van der Waals surface area contributed by atoms with E-state index in [9.17, 15) is 9.18 Å². The predicted molar refractivity (Wildman–Crippen MR) is 78.3 cm³/mol. The number of hydrogen-bond donors (Lipinski definition) is 2. The van der Waals surface area contributed by atoms with Gasteiger partial charge in [-0.05, 0) is 49.9 Å². The molecular weight excluding hydrogens is 255 g/mol. The Bertz CT molecular complexity index is 476. The monoisotopic (exact) mass is 278 g/mol. The van der Waals surface area contributed by atoms with Crippen molar-refractivity contribution in [2.45, 2.75) is 39.2 Å². The second kappa shape index (κ2) is 6.84. The van der Waals surface area contributed by atoms with Gasteiger partial charge in [-0.25, -0.2) is 4.39 Å². The number of hydrogen-bond acceptors (Lipinski definition) is 2. The van der Waals surface area contributed by atoms with Crippen molar-refractivity contribution in [2.24, 2.45) is 5.92 Å². The highest BCUT2D eigenvalue weighted by Crippen LogP contribution is 2.19. The third-order valence-corrected chi connectivity index (χ3v) is 4.18. The van der Waals surface area contributed by atoms with Gasteiger partial charge in [0.1, 0.15) is 5.82 Å². The van der Waals surface area contributed by atoms with Crippen LogP contribution >= 0.6 is 0 Å². The fraction of sp³-hybridized carbons (Fsp3) is 0.562. The number of carbonyl (C=O) groups is 1. The van der Waals surface area contributed by atoms with Gasteiger partial charge in [-0.2, -0.15) is 0 Å². The number of rotatable bonds is 4. The van der Waals surface area contributed by atoms with Crippen molar-refractivity contribution in [1.82, 2.24) is 10.6 Å². The van der Waals surface area contributed by atoms with E-state index in [4.69, 9.17) is 0 Å². The SMILES string of the molecule is CCC1CCCNC1CNC(=O)c1cc(F)ccc1C. The van der Waals surface area contributed by atoms with Gasteiger partial charge in [-0.3, -0.25) is 4.79 Å². The molecule has 1 aromatic carbocycles. The summed E-state index contributed by atoms with van der Waals surface area (Å²) in [5.41, 5.74) is 1.22. The molecule has 110 valence electrons. The molecule has 4 heteroatoms. The topological polar surface area (TPSA) is 41.1 Å². The highest BCUT2D eigenvalue weighted by Gasteiger charge is 2.23. The zero-order valence-electron chi connectivity index (χ0n) is 12.2. The molecule has 1 saturated heterocycles. The smallest absolute Gasteiger partial charge is 0.251 e. The van der Waals surface area contributed by atoms with E-state index in [1.54, 1.807) is 6.07 Å². The van der Waals surface area contributed by atoms with E-state index in [0.29, 0.717) is 24.1 Å². The minimum Gasteiger partial charge on any atom is -0.350 e. The van der Waals surface area contributed by atoms with E-state index in [1.807, 2.05) is 6.92 Å². The average Bonchev–Trinajstić information content (AvgIpc) is 2.47. The number of amides is 1. The van der Waals surface area contributed by atoms with Crippen LogP contribution in [0.5, 0.6) is 0 Å². The maximum atomic E-state index is 13.2. The van der Waals surface area contributed by atoms with E-state index < -0.39 is 0 Å². The zero-order chi connectivity index (χ0) is 14.5. The van der Waals surface area contributed by atoms with Crippen molar-refractivity contribution >= 4 is 5.91 Å². The van der Waals surface area contributed by atoms with Crippen LogP contribution in [0.25, 0.3) is 0 Å². The standard InChI is InChI=1S/C16H23FN2O/c1-3-12-5-4-8-18-15(12)10-19-16(20)14-9-13(17)7-6-11(14)2/h6-7,9,12,15,18H,3-5,8,10H2,1-2H3,(H,19,20). The first kappa shape index (κ1) is 15.0. The van der Waals surface area contributed by atoms with Gasteiger partial charge in [-0.15, -0.1) is 0 Å². The molecule has 2 N–H and O–H groups in total. The van der Waals surface area contributed by atoms with Gasteiger partial charge >= 0.3 is 0 Å². The van der Waals surface area contributed by atoms with Crippen LogP contribution in [-0.4, -0.2) is 25.0 Å². The number of halogens is 1. The average molecular weight is 278 g/mol. The van der Waals surface area contributed by atoms with E-state index >= 15 is 0 Å². The first-order valence-electron chi connectivity index (χ1n) is 7.39. The summed E-state index contributed by atoms with van der Waals surface area (Å²) in [6.07, 6.45) is 3.53. The Hall–Kier alpha value is -1.42. The van der Waals surface area contributed by atoms with Crippen molar-refractivity contribution < 1.29 is 9.18 Å². The largest absolute Gasteiger partial charge is 0.350 e. The molecule has 0 spiro atoms. The van der Waals surface area contributed by atoms with Crippen molar-refractivity contribution in [1.29, 1.82) is 0 Å². The summed E-state index contributed by atoms with van der Waals surface area (Å²) < 4.78 is 13.2. The lowest BCUT2D eigenvalue weighted by molar-refractivity contribution is 0.0941. The van der Waals surface area contributed by atoms with Gasteiger partial charge in [0.05, 0.1) is 0 Å². The Balaban J connectivity index is 1.96. The summed E-state index contributed by atoms with van der Waals surface area (Å²) in [5.74, 6) is 0.0462. The van der Waals surface area contributed by atoms with E-state index in [-0.39, 0.29) is 11.7 Å². The van der Waals surface area contributed by atoms with Crippen LogP contribution in [0.3, 0.4) is 0 Å².